The van der Waals surface area contributed by atoms with Gasteiger partial charge in [0.2, 0.25) is 0 Å². The summed E-state index contributed by atoms with van der Waals surface area (Å²) in [7, 11) is 1.40. The number of ether oxygens (including phenoxy) is 1. The zero-order valence-corrected chi connectivity index (χ0v) is 10.9. The number of benzene rings is 1. The third-order valence-corrected chi connectivity index (χ3v) is 3.26. The number of rotatable bonds is 3. The second kappa shape index (κ2) is 5.51. The highest BCUT2D eigenvalue weighted by Crippen LogP contribution is 2.23. The summed E-state index contributed by atoms with van der Waals surface area (Å²) in [6.07, 6.45) is 0.304. The summed E-state index contributed by atoms with van der Waals surface area (Å²) in [5.74, 6) is -0.223. The van der Waals surface area contributed by atoms with E-state index in [1.54, 1.807) is 0 Å². The van der Waals surface area contributed by atoms with Crippen LogP contribution in [0.4, 0.5) is 0 Å². The van der Waals surface area contributed by atoms with E-state index in [1.807, 2.05) is 18.2 Å². The lowest BCUT2D eigenvalue weighted by molar-refractivity contribution is -0.139. The van der Waals surface area contributed by atoms with Gasteiger partial charge < -0.3 is 4.74 Å². The SMILES string of the molecule is COC(=O)Cc1c(Br)cccc1CBr. The average molecular weight is 322 g/mol. The molecular formula is C10H10Br2O2. The van der Waals surface area contributed by atoms with Gasteiger partial charge in [0.25, 0.3) is 0 Å². The van der Waals surface area contributed by atoms with Gasteiger partial charge in [-0.1, -0.05) is 44.0 Å². The molecular weight excluding hydrogens is 312 g/mol. The molecule has 1 aromatic carbocycles. The fraction of sp³-hybridized carbons (Fsp3) is 0.300. The van der Waals surface area contributed by atoms with Gasteiger partial charge in [-0.2, -0.15) is 0 Å². The molecule has 76 valence electrons. The first-order chi connectivity index (χ1) is 6.69. The monoisotopic (exact) mass is 320 g/mol. The van der Waals surface area contributed by atoms with Crippen molar-refractivity contribution in [1.82, 2.24) is 0 Å². The van der Waals surface area contributed by atoms with Gasteiger partial charge in [0, 0.05) is 9.80 Å². The second-order valence-corrected chi connectivity index (χ2v) is 4.18. The van der Waals surface area contributed by atoms with Crippen LogP contribution in [0.25, 0.3) is 0 Å². The largest absolute Gasteiger partial charge is 0.469 e. The number of halogens is 2. The van der Waals surface area contributed by atoms with Crippen molar-refractivity contribution >= 4 is 37.8 Å². The lowest BCUT2D eigenvalue weighted by Crippen LogP contribution is -2.07. The molecule has 1 rings (SSSR count). The normalized spacial score (nSPS) is 9.93. The highest BCUT2D eigenvalue weighted by atomic mass is 79.9. The Balaban J connectivity index is 2.98. The molecule has 0 saturated heterocycles. The molecule has 0 fully saturated rings. The lowest BCUT2D eigenvalue weighted by atomic mass is 10.1. The van der Waals surface area contributed by atoms with Crippen molar-refractivity contribution in [3.05, 3.63) is 33.8 Å². The smallest absolute Gasteiger partial charge is 0.310 e. The maximum absolute atomic E-state index is 11.1. The number of carbonyl (C=O) groups is 1. The summed E-state index contributed by atoms with van der Waals surface area (Å²) in [6.45, 7) is 0. The molecule has 0 aliphatic heterocycles. The number of hydrogen-bond acceptors (Lipinski definition) is 2. The second-order valence-electron chi connectivity index (χ2n) is 2.76. The van der Waals surface area contributed by atoms with Crippen LogP contribution < -0.4 is 0 Å². The summed E-state index contributed by atoms with van der Waals surface area (Å²) >= 11 is 6.80. The predicted molar refractivity (Wildman–Crippen MR) is 62.5 cm³/mol. The Labute approximate surface area is 99.9 Å². The standard InChI is InChI=1S/C10H10Br2O2/c1-14-10(13)5-8-7(6-11)3-2-4-9(8)12/h2-4H,5-6H2,1H3. The van der Waals surface area contributed by atoms with Crippen LogP contribution in [-0.2, 0) is 21.3 Å². The molecule has 0 aliphatic rings. The van der Waals surface area contributed by atoms with Crippen LogP contribution in [0, 0.1) is 0 Å². The predicted octanol–water partition coefficient (Wildman–Crippen LogP) is 3.06. The molecule has 0 aromatic heterocycles. The van der Waals surface area contributed by atoms with Crippen molar-refractivity contribution in [3.8, 4) is 0 Å². The fourth-order valence-corrected chi connectivity index (χ4v) is 2.22. The Bertz CT molecular complexity index is 337. The van der Waals surface area contributed by atoms with Crippen LogP contribution >= 0.6 is 31.9 Å². The van der Waals surface area contributed by atoms with E-state index >= 15 is 0 Å². The summed E-state index contributed by atoms with van der Waals surface area (Å²) < 4.78 is 5.58. The minimum absolute atomic E-state index is 0.223. The molecule has 2 nitrogen and oxygen atoms in total. The number of esters is 1. The van der Waals surface area contributed by atoms with Gasteiger partial charge in [0.05, 0.1) is 13.5 Å². The van der Waals surface area contributed by atoms with Crippen molar-refractivity contribution in [1.29, 1.82) is 0 Å². The maximum atomic E-state index is 11.1. The third-order valence-electron chi connectivity index (χ3n) is 1.91. The van der Waals surface area contributed by atoms with Crippen LogP contribution in [0.15, 0.2) is 22.7 Å². The molecule has 0 spiro atoms. The minimum Gasteiger partial charge on any atom is -0.469 e. The number of carbonyl (C=O) groups excluding carboxylic acids is 1. The summed E-state index contributed by atoms with van der Waals surface area (Å²) in [5, 5.41) is 0.735. The van der Waals surface area contributed by atoms with Crippen LogP contribution in [0.3, 0.4) is 0 Å². The quantitative estimate of drug-likeness (QED) is 0.632. The Kier molecular flexibility index (Phi) is 4.62. The van der Waals surface area contributed by atoms with Gasteiger partial charge in [0.1, 0.15) is 0 Å². The molecule has 0 saturated carbocycles. The van der Waals surface area contributed by atoms with E-state index in [4.69, 9.17) is 0 Å². The van der Waals surface area contributed by atoms with Crippen LogP contribution in [0.5, 0.6) is 0 Å². The molecule has 0 atom stereocenters. The van der Waals surface area contributed by atoms with Crippen molar-refractivity contribution in [2.24, 2.45) is 0 Å². The van der Waals surface area contributed by atoms with Crippen LogP contribution in [0.2, 0.25) is 0 Å². The van der Waals surface area contributed by atoms with Gasteiger partial charge >= 0.3 is 5.97 Å². The van der Waals surface area contributed by atoms with Crippen molar-refractivity contribution < 1.29 is 9.53 Å². The van der Waals surface area contributed by atoms with Crippen LogP contribution in [0.1, 0.15) is 11.1 Å². The Morgan fingerprint density at radius 1 is 1.50 bits per heavy atom. The van der Waals surface area contributed by atoms with E-state index in [1.165, 1.54) is 7.11 Å². The first kappa shape index (κ1) is 11.7. The topological polar surface area (TPSA) is 26.3 Å². The molecule has 0 heterocycles. The zero-order chi connectivity index (χ0) is 10.6. The highest BCUT2D eigenvalue weighted by Gasteiger charge is 2.10. The molecule has 0 unspecified atom stereocenters. The van der Waals surface area contributed by atoms with Crippen LogP contribution in [-0.4, -0.2) is 13.1 Å². The van der Waals surface area contributed by atoms with E-state index in [0.29, 0.717) is 6.42 Å². The first-order valence-electron chi connectivity index (χ1n) is 4.08. The Hall–Kier alpha value is -0.350. The average Bonchev–Trinajstić information content (AvgIpc) is 2.20. The molecule has 0 N–H and O–H groups in total. The van der Waals surface area contributed by atoms with Crippen molar-refractivity contribution in [3.63, 3.8) is 0 Å². The zero-order valence-electron chi connectivity index (χ0n) is 7.72. The van der Waals surface area contributed by atoms with E-state index in [2.05, 4.69) is 36.6 Å². The summed E-state index contributed by atoms with van der Waals surface area (Å²) in [5.41, 5.74) is 2.08. The number of methoxy groups -OCH3 is 1. The van der Waals surface area contributed by atoms with E-state index in [-0.39, 0.29) is 5.97 Å². The van der Waals surface area contributed by atoms with E-state index < -0.39 is 0 Å². The van der Waals surface area contributed by atoms with Gasteiger partial charge in [0.15, 0.2) is 0 Å². The summed E-state index contributed by atoms with van der Waals surface area (Å²) in [6, 6.07) is 5.85. The third kappa shape index (κ3) is 2.82. The molecule has 0 aliphatic carbocycles. The van der Waals surface area contributed by atoms with Crippen molar-refractivity contribution in [2.45, 2.75) is 11.8 Å². The number of alkyl halides is 1. The molecule has 14 heavy (non-hydrogen) atoms. The molecule has 0 bridgehead atoms. The Morgan fingerprint density at radius 2 is 2.21 bits per heavy atom. The fourth-order valence-electron chi connectivity index (χ4n) is 1.14. The molecule has 1 aromatic rings. The van der Waals surface area contributed by atoms with Gasteiger partial charge in [-0.05, 0) is 17.2 Å². The van der Waals surface area contributed by atoms with E-state index in [0.717, 1.165) is 20.9 Å². The van der Waals surface area contributed by atoms with E-state index in [9.17, 15) is 4.79 Å². The summed E-state index contributed by atoms with van der Waals surface area (Å²) in [4.78, 5) is 11.1. The molecule has 0 amide bonds. The number of hydrogen-bond donors (Lipinski definition) is 0. The van der Waals surface area contributed by atoms with Gasteiger partial charge in [-0.3, -0.25) is 4.79 Å². The minimum atomic E-state index is -0.223. The van der Waals surface area contributed by atoms with Gasteiger partial charge in [-0.25, -0.2) is 0 Å². The Morgan fingerprint density at radius 3 is 2.79 bits per heavy atom. The molecule has 0 radical (unpaired) electrons. The maximum Gasteiger partial charge on any atom is 0.310 e. The first-order valence-corrected chi connectivity index (χ1v) is 5.99. The molecule has 4 heteroatoms. The highest BCUT2D eigenvalue weighted by molar-refractivity contribution is 9.10. The van der Waals surface area contributed by atoms with Gasteiger partial charge in [-0.15, -0.1) is 0 Å². The van der Waals surface area contributed by atoms with Crippen molar-refractivity contribution in [2.75, 3.05) is 7.11 Å². The lowest BCUT2D eigenvalue weighted by Gasteiger charge is -2.08.